The Kier molecular flexibility index (Phi) is 2.37. The minimum absolute atomic E-state index is 0.700. The van der Waals surface area contributed by atoms with Crippen molar-refractivity contribution >= 4 is 28.7 Å². The molecule has 3 heteroatoms. The monoisotopic (exact) mass is 242 g/mol. The summed E-state index contributed by atoms with van der Waals surface area (Å²) in [7, 11) is 0. The van der Waals surface area contributed by atoms with Crippen molar-refractivity contribution in [2.24, 2.45) is 4.99 Å². The van der Waals surface area contributed by atoms with Crippen LogP contribution in [0.15, 0.2) is 47.5 Å². The second-order valence-electron chi connectivity index (χ2n) is 4.10. The normalized spacial score (nSPS) is 13.4. The average Bonchev–Trinajstić information content (AvgIpc) is 2.75. The van der Waals surface area contributed by atoms with Gasteiger partial charge in [-0.15, -0.1) is 0 Å². The second kappa shape index (κ2) is 3.90. The second-order valence-corrected chi connectivity index (χ2v) is 4.51. The highest BCUT2D eigenvalue weighted by Crippen LogP contribution is 2.31. The van der Waals surface area contributed by atoms with Crippen molar-refractivity contribution < 1.29 is 0 Å². The first-order chi connectivity index (χ1) is 8.24. The maximum Gasteiger partial charge on any atom is 0.0669 e. The van der Waals surface area contributed by atoms with Crippen LogP contribution in [0.25, 0.3) is 0 Å². The van der Waals surface area contributed by atoms with Gasteiger partial charge in [-0.2, -0.15) is 0 Å². The quantitative estimate of drug-likeness (QED) is 0.763. The fraction of sp³-hybridized carbons (Fsp3) is 0.0714. The molecule has 1 heterocycles. The molecule has 2 N–H and O–H groups in total. The number of nitrogens with two attached hydrogens (primary N) is 1. The van der Waals surface area contributed by atoms with Gasteiger partial charge in [0.1, 0.15) is 0 Å². The van der Waals surface area contributed by atoms with E-state index in [2.05, 4.69) is 11.1 Å². The fourth-order valence-corrected chi connectivity index (χ4v) is 2.28. The van der Waals surface area contributed by atoms with Crippen LogP contribution in [0.3, 0.4) is 0 Å². The molecule has 0 unspecified atom stereocenters. The molecular formula is C14H11ClN2. The molecule has 84 valence electrons. The summed E-state index contributed by atoms with van der Waals surface area (Å²) < 4.78 is 0. The maximum atomic E-state index is 6.18. The van der Waals surface area contributed by atoms with Crippen LogP contribution in [0.5, 0.6) is 0 Å². The summed E-state index contributed by atoms with van der Waals surface area (Å²) in [6.07, 6.45) is 0.819. The summed E-state index contributed by atoms with van der Waals surface area (Å²) in [6, 6.07) is 13.6. The number of nitrogen functional groups attached to an aromatic ring is 1. The van der Waals surface area contributed by atoms with Crippen LogP contribution in [-0.4, -0.2) is 5.71 Å². The zero-order chi connectivity index (χ0) is 11.8. The van der Waals surface area contributed by atoms with Gasteiger partial charge in [-0.25, -0.2) is 0 Å². The topological polar surface area (TPSA) is 38.4 Å². The largest absolute Gasteiger partial charge is 0.399 e. The molecule has 0 saturated heterocycles. The van der Waals surface area contributed by atoms with Gasteiger partial charge in [-0.05, 0) is 29.8 Å². The van der Waals surface area contributed by atoms with E-state index in [1.54, 1.807) is 6.07 Å². The van der Waals surface area contributed by atoms with Crippen molar-refractivity contribution in [1.82, 2.24) is 0 Å². The molecule has 3 rings (SSSR count). The lowest BCUT2D eigenvalue weighted by Gasteiger charge is -2.04. The van der Waals surface area contributed by atoms with Crippen LogP contribution in [-0.2, 0) is 6.42 Å². The lowest BCUT2D eigenvalue weighted by atomic mass is 10.0. The van der Waals surface area contributed by atoms with Gasteiger partial charge in [0.15, 0.2) is 0 Å². The molecule has 0 amide bonds. The van der Waals surface area contributed by atoms with Gasteiger partial charge < -0.3 is 5.73 Å². The van der Waals surface area contributed by atoms with Gasteiger partial charge in [0.05, 0.1) is 11.4 Å². The fourth-order valence-electron chi connectivity index (χ4n) is 2.05. The number of halogens is 1. The Morgan fingerprint density at radius 3 is 2.76 bits per heavy atom. The van der Waals surface area contributed by atoms with Gasteiger partial charge in [-0.3, -0.25) is 4.99 Å². The molecule has 2 nitrogen and oxygen atoms in total. The third-order valence-electron chi connectivity index (χ3n) is 2.91. The molecule has 17 heavy (non-hydrogen) atoms. The molecule has 1 aliphatic rings. The number of anilines is 1. The minimum atomic E-state index is 0.700. The van der Waals surface area contributed by atoms with Gasteiger partial charge in [-0.1, -0.05) is 29.8 Å². The van der Waals surface area contributed by atoms with E-state index in [-0.39, 0.29) is 0 Å². The lowest BCUT2D eigenvalue weighted by Crippen LogP contribution is -2.02. The van der Waals surface area contributed by atoms with E-state index in [1.807, 2.05) is 30.3 Å². The van der Waals surface area contributed by atoms with Gasteiger partial charge >= 0.3 is 0 Å². The average molecular weight is 243 g/mol. The standard InChI is InChI=1S/C14H11ClN2/c15-12-6-5-10(16)8-11(12)14-7-9-3-1-2-4-13(9)17-14/h1-6,8H,7,16H2. The smallest absolute Gasteiger partial charge is 0.0669 e. The Labute approximate surface area is 105 Å². The number of benzene rings is 2. The van der Waals surface area contributed by atoms with E-state index in [4.69, 9.17) is 17.3 Å². The molecule has 0 aromatic heterocycles. The molecule has 1 aliphatic heterocycles. The summed E-state index contributed by atoms with van der Waals surface area (Å²) >= 11 is 6.18. The predicted molar refractivity (Wildman–Crippen MR) is 72.2 cm³/mol. The van der Waals surface area contributed by atoms with Crippen molar-refractivity contribution in [2.75, 3.05) is 5.73 Å². The molecule has 0 atom stereocenters. The molecule has 2 aromatic rings. The van der Waals surface area contributed by atoms with E-state index in [0.717, 1.165) is 23.4 Å². The number of hydrogen-bond acceptors (Lipinski definition) is 2. The summed E-state index contributed by atoms with van der Waals surface area (Å²) in [5, 5.41) is 0.700. The highest BCUT2D eigenvalue weighted by atomic mass is 35.5. The molecule has 0 spiro atoms. The van der Waals surface area contributed by atoms with E-state index < -0.39 is 0 Å². The first-order valence-electron chi connectivity index (χ1n) is 5.45. The Morgan fingerprint density at radius 1 is 1.12 bits per heavy atom. The van der Waals surface area contributed by atoms with Crippen molar-refractivity contribution in [3.8, 4) is 0 Å². The zero-order valence-electron chi connectivity index (χ0n) is 9.15. The predicted octanol–water partition coefficient (Wildman–Crippen LogP) is 3.60. The first kappa shape index (κ1) is 10.4. The molecule has 0 saturated carbocycles. The van der Waals surface area contributed by atoms with Crippen LogP contribution < -0.4 is 5.73 Å². The number of rotatable bonds is 1. The molecule has 0 fully saturated rings. The summed E-state index contributed by atoms with van der Waals surface area (Å²) in [4.78, 5) is 4.60. The van der Waals surface area contributed by atoms with Crippen LogP contribution >= 0.6 is 11.6 Å². The third-order valence-corrected chi connectivity index (χ3v) is 3.24. The number of hydrogen-bond donors (Lipinski definition) is 1. The Hall–Kier alpha value is -1.80. The zero-order valence-corrected chi connectivity index (χ0v) is 9.91. The lowest BCUT2D eigenvalue weighted by molar-refractivity contribution is 1.39. The summed E-state index contributed by atoms with van der Waals surface area (Å²) in [5.74, 6) is 0. The van der Waals surface area contributed by atoms with Gasteiger partial charge in [0.25, 0.3) is 0 Å². The van der Waals surface area contributed by atoms with Crippen molar-refractivity contribution in [1.29, 1.82) is 0 Å². The van der Waals surface area contributed by atoms with E-state index in [0.29, 0.717) is 10.7 Å². The Bertz CT molecular complexity index is 617. The van der Waals surface area contributed by atoms with E-state index in [9.17, 15) is 0 Å². The van der Waals surface area contributed by atoms with Crippen LogP contribution in [0.2, 0.25) is 5.02 Å². The summed E-state index contributed by atoms with van der Waals surface area (Å²) in [6.45, 7) is 0. The molecule has 0 radical (unpaired) electrons. The highest BCUT2D eigenvalue weighted by Gasteiger charge is 2.17. The first-order valence-corrected chi connectivity index (χ1v) is 5.83. The molecule has 0 aliphatic carbocycles. The number of nitrogens with zero attached hydrogens (tertiary/aromatic N) is 1. The summed E-state index contributed by atoms with van der Waals surface area (Å²) in [5.41, 5.74) is 10.7. The van der Waals surface area contributed by atoms with Crippen molar-refractivity contribution in [3.63, 3.8) is 0 Å². The van der Waals surface area contributed by atoms with E-state index in [1.165, 1.54) is 5.56 Å². The van der Waals surface area contributed by atoms with Crippen LogP contribution in [0, 0.1) is 0 Å². The van der Waals surface area contributed by atoms with Crippen LogP contribution in [0.1, 0.15) is 11.1 Å². The Balaban J connectivity index is 2.06. The van der Waals surface area contributed by atoms with Gasteiger partial charge in [0.2, 0.25) is 0 Å². The van der Waals surface area contributed by atoms with Crippen molar-refractivity contribution in [2.45, 2.75) is 6.42 Å². The Morgan fingerprint density at radius 2 is 1.94 bits per heavy atom. The minimum Gasteiger partial charge on any atom is -0.399 e. The number of para-hydroxylation sites is 1. The van der Waals surface area contributed by atoms with Gasteiger partial charge in [0, 0.05) is 22.7 Å². The molecule has 0 bridgehead atoms. The van der Waals surface area contributed by atoms with Crippen molar-refractivity contribution in [3.05, 3.63) is 58.6 Å². The molecule has 2 aromatic carbocycles. The van der Waals surface area contributed by atoms with Crippen LogP contribution in [0.4, 0.5) is 11.4 Å². The number of aliphatic imine (C=N–C) groups is 1. The highest BCUT2D eigenvalue weighted by molar-refractivity contribution is 6.34. The maximum absolute atomic E-state index is 6.18. The molecular weight excluding hydrogens is 232 g/mol. The van der Waals surface area contributed by atoms with E-state index >= 15 is 0 Å². The number of fused-ring (bicyclic) bond motifs is 1. The third kappa shape index (κ3) is 1.81. The SMILES string of the molecule is Nc1ccc(Cl)c(C2=Nc3ccccc3C2)c1.